The van der Waals surface area contributed by atoms with Gasteiger partial charge in [0.25, 0.3) is 10.0 Å². The first-order valence-corrected chi connectivity index (χ1v) is 13.6. The van der Waals surface area contributed by atoms with Crippen LogP contribution in [0.25, 0.3) is 27.8 Å². The molecule has 0 atom stereocenters. The molecule has 5 rings (SSSR count). The normalized spacial score (nSPS) is 11.8. The number of hydrogen-bond acceptors (Lipinski definition) is 10. The Bertz CT molecular complexity index is 1780. The van der Waals surface area contributed by atoms with Crippen molar-refractivity contribution in [3.63, 3.8) is 0 Å². The number of nitriles is 1. The Morgan fingerprint density at radius 1 is 1.11 bits per heavy atom. The van der Waals surface area contributed by atoms with Gasteiger partial charge in [0, 0.05) is 34.2 Å². The number of para-hydroxylation sites is 1. The summed E-state index contributed by atoms with van der Waals surface area (Å²) in [4.78, 5) is 20.9. The van der Waals surface area contributed by atoms with Gasteiger partial charge >= 0.3 is 5.63 Å². The van der Waals surface area contributed by atoms with E-state index >= 15 is 0 Å². The Morgan fingerprint density at radius 2 is 1.92 bits per heavy atom. The zero-order valence-electron chi connectivity index (χ0n) is 18.2. The number of aromatic nitrogens is 2. The first-order chi connectivity index (χ1) is 17.4. The van der Waals surface area contributed by atoms with Crippen molar-refractivity contribution in [2.75, 3.05) is 10.0 Å². The number of benzene rings is 2. The molecule has 0 saturated carbocycles. The van der Waals surface area contributed by atoms with Crippen LogP contribution in [0.4, 0.5) is 10.8 Å². The molecule has 0 aliphatic rings. The summed E-state index contributed by atoms with van der Waals surface area (Å²) in [7, 11) is -3.76. The van der Waals surface area contributed by atoms with Crippen molar-refractivity contribution < 1.29 is 12.8 Å². The van der Waals surface area contributed by atoms with Gasteiger partial charge in [-0.1, -0.05) is 18.2 Å². The number of thiazole rings is 2. The van der Waals surface area contributed by atoms with Gasteiger partial charge in [-0.3, -0.25) is 4.72 Å². The van der Waals surface area contributed by atoms with Crippen LogP contribution in [0.2, 0.25) is 0 Å². The number of fused-ring (bicyclic) bond motifs is 1. The van der Waals surface area contributed by atoms with Crippen LogP contribution in [0.5, 0.6) is 0 Å². The van der Waals surface area contributed by atoms with Crippen molar-refractivity contribution in [3.8, 4) is 17.3 Å². The third-order valence-corrected chi connectivity index (χ3v) is 8.02. The molecule has 0 amide bonds. The lowest BCUT2D eigenvalue weighted by molar-refractivity contribution is 0.563. The molecule has 36 heavy (non-hydrogen) atoms. The van der Waals surface area contributed by atoms with Gasteiger partial charge in [-0.05, 0) is 36.4 Å². The van der Waals surface area contributed by atoms with Crippen LogP contribution in [-0.2, 0) is 10.0 Å². The lowest BCUT2D eigenvalue weighted by atomic mass is 10.1. The number of sulfonamides is 1. The van der Waals surface area contributed by atoms with Crippen LogP contribution in [0.15, 0.2) is 91.9 Å². The Labute approximate surface area is 213 Å². The predicted molar refractivity (Wildman–Crippen MR) is 140 cm³/mol. The molecule has 3 heterocycles. The average Bonchev–Trinajstić information content (AvgIpc) is 3.57. The third kappa shape index (κ3) is 4.89. The Balaban J connectivity index is 1.34. The summed E-state index contributed by atoms with van der Waals surface area (Å²) in [5.74, 6) is 0. The summed E-state index contributed by atoms with van der Waals surface area (Å²) in [6.45, 7) is 0. The standard InChI is InChI=1S/C24H15N5O4S3/c25-12-16(13-27-17-5-7-18(8-6-17)36(31,32)29-24-26-9-10-34-24)22-28-20(14-35-22)19-11-15-3-1-2-4-21(15)33-23(19)30/h1-11,13-14,27H,(H,26,29). The lowest BCUT2D eigenvalue weighted by Crippen LogP contribution is -2.12. The fraction of sp³-hybridized carbons (Fsp3) is 0. The molecule has 3 aromatic heterocycles. The van der Waals surface area contributed by atoms with Gasteiger partial charge in [-0.25, -0.2) is 23.2 Å². The summed E-state index contributed by atoms with van der Waals surface area (Å²) in [5.41, 5.74) is 1.52. The highest BCUT2D eigenvalue weighted by Gasteiger charge is 2.16. The van der Waals surface area contributed by atoms with Gasteiger partial charge in [-0.15, -0.1) is 22.7 Å². The molecule has 9 nitrogen and oxygen atoms in total. The summed E-state index contributed by atoms with van der Waals surface area (Å²) < 4.78 is 32.7. The Hall–Kier alpha value is -4.31. The first kappa shape index (κ1) is 23.4. The zero-order valence-corrected chi connectivity index (χ0v) is 20.7. The lowest BCUT2D eigenvalue weighted by Gasteiger charge is -2.06. The molecule has 2 N–H and O–H groups in total. The van der Waals surface area contributed by atoms with Crippen molar-refractivity contribution in [2.45, 2.75) is 4.90 Å². The zero-order chi connectivity index (χ0) is 25.1. The second-order valence-corrected chi connectivity index (χ2v) is 10.7. The molecule has 0 fully saturated rings. The van der Waals surface area contributed by atoms with E-state index in [-0.39, 0.29) is 15.6 Å². The molecular formula is C24H15N5O4S3. The second kappa shape index (κ2) is 9.74. The molecule has 178 valence electrons. The number of allylic oxidation sites excluding steroid dienone is 1. The quantitative estimate of drug-likeness (QED) is 0.216. The molecule has 12 heteroatoms. The molecule has 0 unspecified atom stereocenters. The third-order valence-electron chi connectivity index (χ3n) is 4.97. The molecule has 0 spiro atoms. The molecule has 0 aliphatic carbocycles. The maximum Gasteiger partial charge on any atom is 0.345 e. The van der Waals surface area contributed by atoms with Gasteiger partial charge < -0.3 is 9.73 Å². The topological polar surface area (TPSA) is 138 Å². The van der Waals surface area contributed by atoms with Gasteiger partial charge in [0.05, 0.1) is 16.2 Å². The summed E-state index contributed by atoms with van der Waals surface area (Å²) >= 11 is 2.40. The molecule has 2 aromatic carbocycles. The Kier molecular flexibility index (Phi) is 6.34. The van der Waals surface area contributed by atoms with Crippen molar-refractivity contribution >= 4 is 60.1 Å². The van der Waals surface area contributed by atoms with Crippen molar-refractivity contribution in [1.82, 2.24) is 9.97 Å². The number of nitrogens with one attached hydrogen (secondary N) is 2. The maximum absolute atomic E-state index is 12.5. The van der Waals surface area contributed by atoms with Gasteiger partial charge in [0.2, 0.25) is 0 Å². The first-order valence-electron chi connectivity index (χ1n) is 10.3. The molecular weight excluding hydrogens is 518 g/mol. The van der Waals surface area contributed by atoms with E-state index in [1.807, 2.05) is 12.1 Å². The van der Waals surface area contributed by atoms with Crippen LogP contribution in [0.3, 0.4) is 0 Å². The van der Waals surface area contributed by atoms with E-state index < -0.39 is 15.6 Å². The molecule has 5 aromatic rings. The average molecular weight is 534 g/mol. The van der Waals surface area contributed by atoms with Crippen LogP contribution < -0.4 is 15.7 Å². The molecule has 0 bridgehead atoms. The van der Waals surface area contributed by atoms with Gasteiger partial charge in [0.15, 0.2) is 5.13 Å². The molecule has 0 saturated heterocycles. The van der Waals surface area contributed by atoms with Crippen LogP contribution in [0.1, 0.15) is 5.01 Å². The van der Waals surface area contributed by atoms with E-state index in [0.717, 1.165) is 5.39 Å². The highest BCUT2D eigenvalue weighted by atomic mass is 32.2. The van der Waals surface area contributed by atoms with Crippen molar-refractivity contribution in [1.29, 1.82) is 5.26 Å². The van der Waals surface area contributed by atoms with Crippen molar-refractivity contribution in [3.05, 3.63) is 93.2 Å². The number of hydrogen-bond donors (Lipinski definition) is 2. The van der Waals surface area contributed by atoms with Gasteiger partial charge in [0.1, 0.15) is 22.2 Å². The van der Waals surface area contributed by atoms with E-state index in [0.29, 0.717) is 27.5 Å². The van der Waals surface area contributed by atoms with Crippen molar-refractivity contribution in [2.24, 2.45) is 0 Å². The SMILES string of the molecule is N#CC(=CNc1ccc(S(=O)(=O)Nc2nccs2)cc1)c1nc(-c2cc3ccccc3oc2=O)cs1. The summed E-state index contributed by atoms with van der Waals surface area (Å²) in [6, 6.07) is 17.0. The number of rotatable bonds is 7. The summed E-state index contributed by atoms with van der Waals surface area (Å²) in [6.07, 6.45) is 2.99. The second-order valence-electron chi connectivity index (χ2n) is 7.30. The van der Waals surface area contributed by atoms with E-state index in [1.54, 1.807) is 41.1 Å². The van der Waals surface area contributed by atoms with E-state index in [4.69, 9.17) is 4.42 Å². The van der Waals surface area contributed by atoms with Gasteiger partial charge in [-0.2, -0.15) is 5.26 Å². The fourth-order valence-electron chi connectivity index (χ4n) is 3.24. The monoisotopic (exact) mass is 533 g/mol. The highest BCUT2D eigenvalue weighted by Crippen LogP contribution is 2.27. The highest BCUT2D eigenvalue weighted by molar-refractivity contribution is 7.93. The smallest absolute Gasteiger partial charge is 0.345 e. The van der Waals surface area contributed by atoms with Crippen LogP contribution in [-0.4, -0.2) is 18.4 Å². The minimum Gasteiger partial charge on any atom is -0.422 e. The summed E-state index contributed by atoms with van der Waals surface area (Å²) in [5, 5.41) is 17.5. The molecule has 0 aliphatic heterocycles. The largest absolute Gasteiger partial charge is 0.422 e. The minimum atomic E-state index is -3.76. The number of nitrogens with zero attached hydrogens (tertiary/aromatic N) is 3. The van der Waals surface area contributed by atoms with Crippen LogP contribution >= 0.6 is 22.7 Å². The minimum absolute atomic E-state index is 0.0755. The maximum atomic E-state index is 12.5. The predicted octanol–water partition coefficient (Wildman–Crippen LogP) is 5.15. The van der Waals surface area contributed by atoms with E-state index in [9.17, 15) is 18.5 Å². The Morgan fingerprint density at radius 3 is 2.67 bits per heavy atom. The van der Waals surface area contributed by atoms with Crippen LogP contribution in [0, 0.1) is 11.3 Å². The van der Waals surface area contributed by atoms with E-state index in [1.165, 1.54) is 47.2 Å². The fourth-order valence-corrected chi connectivity index (χ4v) is 5.81. The molecule has 0 radical (unpaired) electrons. The van der Waals surface area contributed by atoms with E-state index in [2.05, 4.69) is 26.1 Å². The number of anilines is 2.